The Morgan fingerprint density at radius 3 is 1.91 bits per heavy atom. The summed E-state index contributed by atoms with van der Waals surface area (Å²) in [5, 5.41) is 3.71. The third-order valence-corrected chi connectivity index (χ3v) is 3.91. The molecule has 2 aromatic rings. The topological polar surface area (TPSA) is 36.1 Å². The minimum absolute atomic E-state index is 0.439. The maximum absolute atomic E-state index is 5.37. The quantitative estimate of drug-likeness (QED) is 0.518. The van der Waals surface area contributed by atoms with E-state index in [-0.39, 0.29) is 0 Å². The molecule has 2 aromatic carbocycles. The standard InChI is InChI=1S/C19H25N3S/c1-13(2)16-11-8-12-17(14(3)4)18(16)21-22-19(23)20-15-9-6-5-7-10-15/h5-14,21H,1-4H3,(H2,20,22,23). The third-order valence-electron chi connectivity index (χ3n) is 3.71. The number of benzene rings is 2. The number of anilines is 2. The molecule has 3 N–H and O–H groups in total. The van der Waals surface area contributed by atoms with Gasteiger partial charge < -0.3 is 5.32 Å². The SMILES string of the molecule is CC(C)c1cccc(C(C)C)c1NNC(=S)Nc1ccccc1. The zero-order valence-corrected chi connectivity index (χ0v) is 15.0. The van der Waals surface area contributed by atoms with Gasteiger partial charge in [0.15, 0.2) is 5.11 Å². The van der Waals surface area contributed by atoms with Crippen molar-refractivity contribution in [3.05, 3.63) is 59.7 Å². The Morgan fingerprint density at radius 2 is 1.39 bits per heavy atom. The van der Waals surface area contributed by atoms with E-state index in [4.69, 9.17) is 12.2 Å². The van der Waals surface area contributed by atoms with Crippen LogP contribution in [0.15, 0.2) is 48.5 Å². The highest BCUT2D eigenvalue weighted by Crippen LogP contribution is 2.31. The van der Waals surface area contributed by atoms with Gasteiger partial charge in [-0.2, -0.15) is 0 Å². The summed E-state index contributed by atoms with van der Waals surface area (Å²) in [6.07, 6.45) is 0. The molecule has 0 amide bonds. The summed E-state index contributed by atoms with van der Waals surface area (Å²) in [4.78, 5) is 0. The van der Waals surface area contributed by atoms with Crippen LogP contribution in [0.5, 0.6) is 0 Å². The van der Waals surface area contributed by atoms with Gasteiger partial charge in [0.25, 0.3) is 0 Å². The van der Waals surface area contributed by atoms with Crippen molar-refractivity contribution < 1.29 is 0 Å². The molecule has 122 valence electrons. The molecule has 0 atom stereocenters. The van der Waals surface area contributed by atoms with Gasteiger partial charge in [-0.15, -0.1) is 0 Å². The highest BCUT2D eigenvalue weighted by Gasteiger charge is 2.13. The maximum Gasteiger partial charge on any atom is 0.189 e. The monoisotopic (exact) mass is 327 g/mol. The van der Waals surface area contributed by atoms with Crippen molar-refractivity contribution in [3.8, 4) is 0 Å². The second kappa shape index (κ2) is 7.97. The lowest BCUT2D eigenvalue weighted by atomic mass is 9.93. The second-order valence-corrected chi connectivity index (χ2v) is 6.60. The number of hydrogen-bond donors (Lipinski definition) is 3. The van der Waals surface area contributed by atoms with Gasteiger partial charge in [0.1, 0.15) is 0 Å². The van der Waals surface area contributed by atoms with Gasteiger partial charge in [-0.1, -0.05) is 64.1 Å². The van der Waals surface area contributed by atoms with Crippen molar-refractivity contribution in [2.24, 2.45) is 0 Å². The molecule has 23 heavy (non-hydrogen) atoms. The molecule has 0 aliphatic rings. The van der Waals surface area contributed by atoms with Crippen molar-refractivity contribution >= 4 is 28.7 Å². The Labute approximate surface area is 144 Å². The normalized spacial score (nSPS) is 10.7. The molecule has 0 aliphatic heterocycles. The first-order valence-electron chi connectivity index (χ1n) is 8.00. The fourth-order valence-corrected chi connectivity index (χ4v) is 2.67. The molecule has 0 fully saturated rings. The van der Waals surface area contributed by atoms with E-state index in [9.17, 15) is 0 Å². The molecule has 0 aliphatic carbocycles. The lowest BCUT2D eigenvalue weighted by molar-refractivity contribution is 0.831. The fraction of sp³-hybridized carbons (Fsp3) is 0.316. The van der Waals surface area contributed by atoms with Crippen LogP contribution < -0.4 is 16.2 Å². The largest absolute Gasteiger partial charge is 0.331 e. The highest BCUT2D eigenvalue weighted by atomic mass is 32.1. The van der Waals surface area contributed by atoms with Crippen LogP contribution in [0.25, 0.3) is 0 Å². The summed E-state index contributed by atoms with van der Waals surface area (Å²) >= 11 is 5.37. The molecular formula is C19H25N3S. The molecule has 0 radical (unpaired) electrons. The molecule has 0 spiro atoms. The Kier molecular flexibility index (Phi) is 5.99. The van der Waals surface area contributed by atoms with Gasteiger partial charge in [0, 0.05) is 5.69 Å². The zero-order chi connectivity index (χ0) is 16.8. The predicted octanol–water partition coefficient (Wildman–Crippen LogP) is 5.25. The Hall–Kier alpha value is -2.07. The summed E-state index contributed by atoms with van der Waals surface area (Å²) in [6, 6.07) is 16.3. The number of hydrogen-bond acceptors (Lipinski definition) is 2. The summed E-state index contributed by atoms with van der Waals surface area (Å²) in [6.45, 7) is 8.80. The van der Waals surface area contributed by atoms with Crippen LogP contribution in [0, 0.1) is 0 Å². The Morgan fingerprint density at radius 1 is 0.826 bits per heavy atom. The molecule has 0 saturated heterocycles. The molecule has 0 aromatic heterocycles. The third kappa shape index (κ3) is 4.70. The van der Waals surface area contributed by atoms with Gasteiger partial charge in [-0.05, 0) is 47.3 Å². The minimum Gasteiger partial charge on any atom is -0.331 e. The molecular weight excluding hydrogens is 302 g/mol. The molecule has 4 heteroatoms. The van der Waals surface area contributed by atoms with Crippen molar-refractivity contribution in [1.29, 1.82) is 0 Å². The molecule has 0 unspecified atom stereocenters. The van der Waals surface area contributed by atoms with E-state index in [1.54, 1.807) is 0 Å². The summed E-state index contributed by atoms with van der Waals surface area (Å²) in [5.41, 5.74) is 11.1. The van der Waals surface area contributed by atoms with Crippen LogP contribution in [0.4, 0.5) is 11.4 Å². The van der Waals surface area contributed by atoms with Crippen LogP contribution in [-0.4, -0.2) is 5.11 Å². The Balaban J connectivity index is 2.11. The lowest BCUT2D eigenvalue weighted by Gasteiger charge is -2.22. The molecule has 2 rings (SSSR count). The van der Waals surface area contributed by atoms with Gasteiger partial charge in [-0.25, -0.2) is 0 Å². The van der Waals surface area contributed by atoms with E-state index in [1.165, 1.54) is 11.1 Å². The van der Waals surface area contributed by atoms with Gasteiger partial charge in [0.2, 0.25) is 0 Å². The Bertz CT molecular complexity index is 625. The number of hydrazine groups is 1. The molecule has 3 nitrogen and oxygen atoms in total. The van der Waals surface area contributed by atoms with Crippen LogP contribution >= 0.6 is 12.2 Å². The van der Waals surface area contributed by atoms with Crippen LogP contribution in [0.1, 0.15) is 50.7 Å². The van der Waals surface area contributed by atoms with Crippen molar-refractivity contribution in [2.45, 2.75) is 39.5 Å². The van der Waals surface area contributed by atoms with E-state index in [0.717, 1.165) is 11.4 Å². The number of para-hydroxylation sites is 2. The zero-order valence-electron chi connectivity index (χ0n) is 14.2. The average Bonchev–Trinajstić information content (AvgIpc) is 2.53. The van der Waals surface area contributed by atoms with Crippen molar-refractivity contribution in [1.82, 2.24) is 5.43 Å². The molecule has 0 heterocycles. The second-order valence-electron chi connectivity index (χ2n) is 6.19. The number of nitrogens with one attached hydrogen (secondary N) is 3. The summed E-state index contributed by atoms with van der Waals surface area (Å²) < 4.78 is 0. The van der Waals surface area contributed by atoms with Crippen molar-refractivity contribution in [3.63, 3.8) is 0 Å². The van der Waals surface area contributed by atoms with E-state index >= 15 is 0 Å². The van der Waals surface area contributed by atoms with Crippen LogP contribution in [0.3, 0.4) is 0 Å². The minimum atomic E-state index is 0.439. The van der Waals surface area contributed by atoms with Crippen molar-refractivity contribution in [2.75, 3.05) is 10.7 Å². The predicted molar refractivity (Wildman–Crippen MR) is 104 cm³/mol. The first-order valence-corrected chi connectivity index (χ1v) is 8.40. The fourth-order valence-electron chi connectivity index (χ4n) is 2.50. The number of rotatable bonds is 5. The summed E-state index contributed by atoms with van der Waals surface area (Å²) in [5.74, 6) is 0.877. The van der Waals surface area contributed by atoms with E-state index in [0.29, 0.717) is 16.9 Å². The van der Waals surface area contributed by atoms with Gasteiger partial charge in [-0.3, -0.25) is 10.9 Å². The molecule has 0 bridgehead atoms. The highest BCUT2D eigenvalue weighted by molar-refractivity contribution is 7.80. The first kappa shape index (κ1) is 17.3. The first-order chi connectivity index (χ1) is 11.0. The maximum atomic E-state index is 5.37. The van der Waals surface area contributed by atoms with E-state index in [2.05, 4.69) is 62.1 Å². The van der Waals surface area contributed by atoms with Gasteiger partial charge >= 0.3 is 0 Å². The smallest absolute Gasteiger partial charge is 0.189 e. The lowest BCUT2D eigenvalue weighted by Crippen LogP contribution is -2.34. The number of thiocarbonyl (C=S) groups is 1. The van der Waals surface area contributed by atoms with Gasteiger partial charge in [0.05, 0.1) is 5.69 Å². The molecule has 0 saturated carbocycles. The van der Waals surface area contributed by atoms with Crippen LogP contribution in [0.2, 0.25) is 0 Å². The summed E-state index contributed by atoms with van der Waals surface area (Å²) in [7, 11) is 0. The van der Waals surface area contributed by atoms with Crippen LogP contribution in [-0.2, 0) is 0 Å². The van der Waals surface area contributed by atoms with E-state index < -0.39 is 0 Å². The van der Waals surface area contributed by atoms with E-state index in [1.807, 2.05) is 30.3 Å². The average molecular weight is 327 g/mol.